The summed E-state index contributed by atoms with van der Waals surface area (Å²) in [6.07, 6.45) is 1.06. The van der Waals surface area contributed by atoms with E-state index in [4.69, 9.17) is 11.6 Å². The minimum Gasteiger partial charge on any atom is -0.366 e. The number of aromatic nitrogens is 3. The highest BCUT2D eigenvalue weighted by Gasteiger charge is 2.29. The van der Waals surface area contributed by atoms with Crippen LogP contribution in [0.4, 0.5) is 19.0 Å². The first-order chi connectivity index (χ1) is 15.7. The van der Waals surface area contributed by atoms with Crippen LogP contribution in [0.5, 0.6) is 0 Å². The topological polar surface area (TPSA) is 105 Å². The zero-order valence-corrected chi connectivity index (χ0v) is 20.6. The maximum atomic E-state index is 14.7. The number of carbonyl (C=O) groups excluding carboxylic acids is 1. The van der Waals surface area contributed by atoms with Crippen LogP contribution in [-0.4, -0.2) is 40.7 Å². The summed E-state index contributed by atoms with van der Waals surface area (Å²) in [4.78, 5) is 16.7. The maximum Gasteiger partial charge on any atom is 0.270 e. The second-order valence-corrected chi connectivity index (χ2v) is 11.1. The summed E-state index contributed by atoms with van der Waals surface area (Å²) in [5, 5.41) is 6.80. The number of hydrogen-bond acceptors (Lipinski definition) is 6. The fourth-order valence-corrected chi connectivity index (χ4v) is 3.75. The van der Waals surface area contributed by atoms with E-state index in [1.54, 1.807) is 0 Å². The van der Waals surface area contributed by atoms with E-state index >= 15 is 0 Å². The molecule has 2 aromatic heterocycles. The molecule has 184 valence electrons. The summed E-state index contributed by atoms with van der Waals surface area (Å²) in [6, 6.07) is 0.697. The second-order valence-electron chi connectivity index (χ2n) is 8.73. The van der Waals surface area contributed by atoms with Gasteiger partial charge in [0.2, 0.25) is 10.0 Å². The van der Waals surface area contributed by atoms with Crippen molar-refractivity contribution < 1.29 is 26.4 Å². The van der Waals surface area contributed by atoms with Crippen molar-refractivity contribution in [2.75, 3.05) is 11.1 Å². The number of sulfonamides is 1. The Balaban J connectivity index is 2.32. The number of benzene rings is 1. The Hall–Kier alpha value is -2.86. The second kappa shape index (κ2) is 9.06. The largest absolute Gasteiger partial charge is 0.366 e. The molecule has 3 aromatic rings. The molecule has 0 aliphatic rings. The number of amides is 1. The van der Waals surface area contributed by atoms with Crippen molar-refractivity contribution in [1.82, 2.24) is 19.3 Å². The van der Waals surface area contributed by atoms with Crippen molar-refractivity contribution in [2.24, 2.45) is 5.41 Å². The molecule has 1 amide bonds. The molecule has 1 aromatic carbocycles. The van der Waals surface area contributed by atoms with Gasteiger partial charge in [0, 0.05) is 18.2 Å². The first-order valence-corrected chi connectivity index (χ1v) is 12.2. The van der Waals surface area contributed by atoms with Gasteiger partial charge in [0.05, 0.1) is 23.1 Å². The van der Waals surface area contributed by atoms with Gasteiger partial charge in [-0.2, -0.15) is 9.61 Å². The third kappa shape index (κ3) is 4.97. The third-order valence-corrected chi connectivity index (χ3v) is 6.91. The van der Waals surface area contributed by atoms with Crippen molar-refractivity contribution in [1.29, 1.82) is 0 Å². The van der Waals surface area contributed by atoms with Gasteiger partial charge in [0.25, 0.3) is 5.91 Å². The SMILES string of the molecule is CCS(=O)(=O)NC(=O)c1cnn2c(NC(C)C(C)(C)C)c(-c3c(F)cc(F)cc3F)c(Cl)nc12. The normalized spacial score (nSPS) is 13.2. The van der Waals surface area contributed by atoms with Gasteiger partial charge in [-0.3, -0.25) is 4.79 Å². The summed E-state index contributed by atoms with van der Waals surface area (Å²) in [5.74, 6) is -4.90. The third-order valence-electron chi connectivity index (χ3n) is 5.38. The smallest absolute Gasteiger partial charge is 0.270 e. The predicted octanol–water partition coefficient (Wildman–Crippen LogP) is 4.39. The number of hydrogen-bond donors (Lipinski definition) is 2. The van der Waals surface area contributed by atoms with E-state index in [1.807, 2.05) is 32.4 Å². The average molecular weight is 518 g/mol. The van der Waals surface area contributed by atoms with E-state index in [-0.39, 0.29) is 39.8 Å². The quantitative estimate of drug-likeness (QED) is 0.470. The number of anilines is 1. The number of rotatable bonds is 6. The van der Waals surface area contributed by atoms with E-state index in [1.165, 1.54) is 6.92 Å². The summed E-state index contributed by atoms with van der Waals surface area (Å²) in [7, 11) is -3.89. The van der Waals surface area contributed by atoms with Gasteiger partial charge in [-0.15, -0.1) is 0 Å². The van der Waals surface area contributed by atoms with E-state index in [0.717, 1.165) is 10.7 Å². The molecule has 0 spiro atoms. The molecular weight excluding hydrogens is 495 g/mol. The Morgan fingerprint density at radius 2 is 1.76 bits per heavy atom. The highest BCUT2D eigenvalue weighted by atomic mass is 35.5. The van der Waals surface area contributed by atoms with E-state index < -0.39 is 44.1 Å². The van der Waals surface area contributed by atoms with Gasteiger partial charge in [0.1, 0.15) is 34.0 Å². The van der Waals surface area contributed by atoms with Gasteiger partial charge in [-0.1, -0.05) is 32.4 Å². The molecule has 1 atom stereocenters. The van der Waals surface area contributed by atoms with Crippen LogP contribution in [0.25, 0.3) is 16.8 Å². The number of nitrogens with one attached hydrogen (secondary N) is 2. The number of nitrogens with zero attached hydrogens (tertiary/aromatic N) is 3. The van der Waals surface area contributed by atoms with Crippen LogP contribution in [-0.2, 0) is 10.0 Å². The summed E-state index contributed by atoms with van der Waals surface area (Å²) >= 11 is 6.35. The molecule has 13 heteroatoms. The molecule has 0 bridgehead atoms. The summed E-state index contributed by atoms with van der Waals surface area (Å²) in [6.45, 7) is 8.92. The van der Waals surface area contributed by atoms with Crippen LogP contribution in [0.3, 0.4) is 0 Å². The van der Waals surface area contributed by atoms with Crippen molar-refractivity contribution >= 4 is 39.0 Å². The molecule has 2 N–H and O–H groups in total. The van der Waals surface area contributed by atoms with Crippen molar-refractivity contribution in [3.05, 3.63) is 46.5 Å². The molecule has 0 radical (unpaired) electrons. The zero-order valence-electron chi connectivity index (χ0n) is 19.0. The van der Waals surface area contributed by atoms with Gasteiger partial charge in [-0.05, 0) is 19.3 Å². The lowest BCUT2D eigenvalue weighted by atomic mass is 9.88. The molecule has 1 unspecified atom stereocenters. The van der Waals surface area contributed by atoms with Crippen LogP contribution in [0.2, 0.25) is 5.15 Å². The van der Waals surface area contributed by atoms with Crippen molar-refractivity contribution in [3.63, 3.8) is 0 Å². The average Bonchev–Trinajstić information content (AvgIpc) is 3.11. The predicted molar refractivity (Wildman–Crippen MR) is 123 cm³/mol. The lowest BCUT2D eigenvalue weighted by Gasteiger charge is -2.30. The Morgan fingerprint density at radius 3 is 2.29 bits per heavy atom. The van der Waals surface area contributed by atoms with E-state index in [2.05, 4.69) is 15.4 Å². The monoisotopic (exact) mass is 517 g/mol. The lowest BCUT2D eigenvalue weighted by Crippen LogP contribution is -2.32. The minimum absolute atomic E-state index is 0.0146. The molecule has 8 nitrogen and oxygen atoms in total. The van der Waals surface area contributed by atoms with Gasteiger partial charge >= 0.3 is 0 Å². The van der Waals surface area contributed by atoms with Gasteiger partial charge in [-0.25, -0.2) is 31.3 Å². The summed E-state index contributed by atoms with van der Waals surface area (Å²) < 4.78 is 69.7. The van der Waals surface area contributed by atoms with Crippen LogP contribution < -0.4 is 10.0 Å². The van der Waals surface area contributed by atoms with Crippen molar-refractivity contribution in [3.8, 4) is 11.1 Å². The molecular formula is C21H23ClF3N5O3S. The highest BCUT2D eigenvalue weighted by Crippen LogP contribution is 2.39. The molecule has 0 saturated carbocycles. The Kier molecular flexibility index (Phi) is 6.87. The van der Waals surface area contributed by atoms with Gasteiger partial charge < -0.3 is 5.32 Å². The Bertz CT molecular complexity index is 1360. The molecule has 34 heavy (non-hydrogen) atoms. The van der Waals surface area contributed by atoms with Gasteiger partial charge in [0.15, 0.2) is 5.65 Å². The fourth-order valence-electron chi connectivity index (χ4n) is 2.95. The number of halogens is 4. The molecule has 0 aliphatic carbocycles. The molecule has 0 saturated heterocycles. The lowest BCUT2D eigenvalue weighted by molar-refractivity contribution is 0.0983. The van der Waals surface area contributed by atoms with Crippen LogP contribution in [0.1, 0.15) is 45.0 Å². The maximum absolute atomic E-state index is 14.7. The fraction of sp³-hybridized carbons (Fsp3) is 0.381. The number of fused-ring (bicyclic) bond motifs is 1. The Labute approximate surface area is 199 Å². The Morgan fingerprint density at radius 1 is 1.18 bits per heavy atom. The van der Waals surface area contributed by atoms with Crippen molar-refractivity contribution in [2.45, 2.75) is 40.7 Å². The number of carbonyl (C=O) groups is 1. The van der Waals surface area contributed by atoms with E-state index in [0.29, 0.717) is 12.1 Å². The van der Waals surface area contributed by atoms with Crippen LogP contribution in [0, 0.1) is 22.9 Å². The highest BCUT2D eigenvalue weighted by molar-refractivity contribution is 7.90. The first-order valence-electron chi connectivity index (χ1n) is 10.2. The molecule has 2 heterocycles. The molecule has 0 fully saturated rings. The standard InChI is InChI=1S/C21H23ClF3N5O3S/c1-6-34(32,33)29-20(31)12-9-26-30-18(12)28-17(22)16(19(30)27-10(2)21(3,4)5)15-13(24)7-11(23)8-14(15)25/h7-10,27H,6H2,1-5H3,(H,29,31). The first kappa shape index (κ1) is 25.8. The molecule has 0 aliphatic heterocycles. The van der Waals surface area contributed by atoms with Crippen LogP contribution in [0.15, 0.2) is 18.3 Å². The minimum atomic E-state index is -3.89. The van der Waals surface area contributed by atoms with E-state index in [9.17, 15) is 26.4 Å². The molecule has 3 rings (SSSR count). The summed E-state index contributed by atoms with van der Waals surface area (Å²) in [5.41, 5.74) is -1.60. The van der Waals surface area contributed by atoms with Crippen LogP contribution >= 0.6 is 11.6 Å². The zero-order chi connectivity index (χ0) is 25.6.